The molecule has 108 valence electrons. The van der Waals surface area contributed by atoms with Crippen molar-refractivity contribution in [3.8, 4) is 0 Å². The van der Waals surface area contributed by atoms with Gasteiger partial charge in [-0.15, -0.1) is 0 Å². The van der Waals surface area contributed by atoms with Crippen LogP contribution >= 0.6 is 0 Å². The summed E-state index contributed by atoms with van der Waals surface area (Å²) < 4.78 is 4.96. The molecule has 1 aromatic heterocycles. The summed E-state index contributed by atoms with van der Waals surface area (Å²) in [6.45, 7) is 4.54. The third-order valence-corrected chi connectivity index (χ3v) is 3.23. The third kappa shape index (κ3) is 2.97. The smallest absolute Gasteiger partial charge is 0.302 e. The van der Waals surface area contributed by atoms with Crippen LogP contribution in [0.15, 0.2) is 35.6 Å². The fraction of sp³-hybridized carbons (Fsp3) is 0.250. The van der Waals surface area contributed by atoms with E-state index in [1.165, 1.54) is 19.2 Å². The van der Waals surface area contributed by atoms with Gasteiger partial charge in [-0.25, -0.2) is 0 Å². The first-order valence-electron chi connectivity index (χ1n) is 6.47. The Hall–Kier alpha value is -2.56. The fourth-order valence-corrected chi connectivity index (χ4v) is 2.18. The topological polar surface area (TPSA) is 73.3 Å². The summed E-state index contributed by atoms with van der Waals surface area (Å²) in [5.41, 5.74) is 2.03. The van der Waals surface area contributed by atoms with Crippen LogP contribution in [0.3, 0.4) is 0 Å². The molecule has 0 fully saturated rings. The van der Waals surface area contributed by atoms with E-state index >= 15 is 0 Å². The summed E-state index contributed by atoms with van der Waals surface area (Å²) in [7, 11) is 0. The quantitative estimate of drug-likeness (QED) is 0.627. The Labute approximate surface area is 122 Å². The SMILES string of the molecule is CC(=O)OCc1cccnc1C1=C(C)C(=O)C(C)=CC1=O. The van der Waals surface area contributed by atoms with E-state index in [2.05, 4.69) is 4.98 Å². The molecule has 2 rings (SSSR count). The van der Waals surface area contributed by atoms with E-state index in [1.807, 2.05) is 0 Å². The van der Waals surface area contributed by atoms with Crippen molar-refractivity contribution in [3.63, 3.8) is 0 Å². The van der Waals surface area contributed by atoms with E-state index in [4.69, 9.17) is 4.74 Å². The number of Topliss-reactive ketones (excluding diaryl/α,β-unsaturated/α-hetero) is 1. The number of hydrogen-bond acceptors (Lipinski definition) is 5. The van der Waals surface area contributed by atoms with Crippen LogP contribution in [-0.4, -0.2) is 22.5 Å². The van der Waals surface area contributed by atoms with Gasteiger partial charge in [-0.3, -0.25) is 19.4 Å². The number of allylic oxidation sites excluding steroid dienone is 4. The minimum Gasteiger partial charge on any atom is -0.461 e. The molecule has 0 spiro atoms. The third-order valence-electron chi connectivity index (χ3n) is 3.23. The van der Waals surface area contributed by atoms with Crippen molar-refractivity contribution in [2.75, 3.05) is 0 Å². The lowest BCUT2D eigenvalue weighted by atomic mass is 9.88. The maximum Gasteiger partial charge on any atom is 0.302 e. The summed E-state index contributed by atoms with van der Waals surface area (Å²) in [4.78, 5) is 39.4. The number of nitrogens with zero attached hydrogens (tertiary/aromatic N) is 1. The van der Waals surface area contributed by atoms with Gasteiger partial charge in [0.2, 0.25) is 0 Å². The van der Waals surface area contributed by atoms with Gasteiger partial charge in [0, 0.05) is 29.8 Å². The Morgan fingerprint density at radius 3 is 2.67 bits per heavy atom. The van der Waals surface area contributed by atoms with Crippen LogP contribution in [0.4, 0.5) is 0 Å². The second kappa shape index (κ2) is 5.83. The monoisotopic (exact) mass is 285 g/mol. The second-order valence-corrected chi connectivity index (χ2v) is 4.81. The number of rotatable bonds is 3. The number of ether oxygens (including phenoxy) is 1. The lowest BCUT2D eigenvalue weighted by Gasteiger charge is -2.16. The molecule has 0 saturated heterocycles. The lowest BCUT2D eigenvalue weighted by Crippen LogP contribution is -2.17. The van der Waals surface area contributed by atoms with Crippen molar-refractivity contribution < 1.29 is 19.1 Å². The molecule has 0 saturated carbocycles. The molecule has 5 heteroatoms. The Morgan fingerprint density at radius 2 is 2.00 bits per heavy atom. The Kier molecular flexibility index (Phi) is 4.12. The molecule has 0 atom stereocenters. The van der Waals surface area contributed by atoms with Gasteiger partial charge in [0.25, 0.3) is 0 Å². The van der Waals surface area contributed by atoms with Crippen LogP contribution in [0.5, 0.6) is 0 Å². The summed E-state index contributed by atoms with van der Waals surface area (Å²) in [5.74, 6) is -0.849. The zero-order chi connectivity index (χ0) is 15.6. The molecule has 0 unspecified atom stereocenters. The number of pyridine rings is 1. The summed E-state index contributed by atoms with van der Waals surface area (Å²) >= 11 is 0. The molecule has 1 aliphatic rings. The first kappa shape index (κ1) is 14.8. The normalized spacial score (nSPS) is 15.1. The Bertz CT molecular complexity index is 698. The van der Waals surface area contributed by atoms with Gasteiger partial charge >= 0.3 is 5.97 Å². The van der Waals surface area contributed by atoms with Crippen LogP contribution in [0.2, 0.25) is 0 Å². The van der Waals surface area contributed by atoms with E-state index in [0.29, 0.717) is 22.4 Å². The number of esters is 1. The minimum absolute atomic E-state index is 0.0133. The maximum atomic E-state index is 12.2. The summed E-state index contributed by atoms with van der Waals surface area (Å²) in [6, 6.07) is 3.41. The molecule has 5 nitrogen and oxygen atoms in total. The van der Waals surface area contributed by atoms with Gasteiger partial charge in [0.1, 0.15) is 6.61 Å². The largest absolute Gasteiger partial charge is 0.461 e. The zero-order valence-corrected chi connectivity index (χ0v) is 12.1. The highest BCUT2D eigenvalue weighted by Crippen LogP contribution is 2.28. The number of aromatic nitrogens is 1. The summed E-state index contributed by atoms with van der Waals surface area (Å²) in [6.07, 6.45) is 2.85. The van der Waals surface area contributed by atoms with Gasteiger partial charge in [0.05, 0.1) is 11.3 Å². The maximum absolute atomic E-state index is 12.2. The Morgan fingerprint density at radius 1 is 1.29 bits per heavy atom. The molecule has 0 radical (unpaired) electrons. The predicted octanol–water partition coefficient (Wildman–Crippen LogP) is 2.02. The van der Waals surface area contributed by atoms with Crippen molar-refractivity contribution in [2.45, 2.75) is 27.4 Å². The average Bonchev–Trinajstić information content (AvgIpc) is 2.44. The molecule has 1 aromatic rings. The van der Waals surface area contributed by atoms with Gasteiger partial charge in [-0.2, -0.15) is 0 Å². The first-order chi connectivity index (χ1) is 9.91. The number of ketones is 2. The summed E-state index contributed by atoms with van der Waals surface area (Å²) in [5, 5.41) is 0. The van der Waals surface area contributed by atoms with Gasteiger partial charge in [-0.05, 0) is 26.0 Å². The van der Waals surface area contributed by atoms with Crippen molar-refractivity contribution >= 4 is 23.1 Å². The molecule has 0 amide bonds. The van der Waals surface area contributed by atoms with E-state index in [0.717, 1.165) is 0 Å². The van der Waals surface area contributed by atoms with Crippen molar-refractivity contribution in [1.29, 1.82) is 0 Å². The van der Waals surface area contributed by atoms with Crippen LogP contribution < -0.4 is 0 Å². The highest BCUT2D eigenvalue weighted by atomic mass is 16.5. The number of hydrogen-bond donors (Lipinski definition) is 0. The molecule has 21 heavy (non-hydrogen) atoms. The van der Waals surface area contributed by atoms with Crippen LogP contribution in [-0.2, 0) is 25.7 Å². The molecule has 1 aliphatic carbocycles. The van der Waals surface area contributed by atoms with E-state index in [1.54, 1.807) is 26.0 Å². The van der Waals surface area contributed by atoms with Crippen molar-refractivity contribution in [2.24, 2.45) is 0 Å². The van der Waals surface area contributed by atoms with Gasteiger partial charge in [0.15, 0.2) is 11.6 Å². The Balaban J connectivity index is 2.49. The van der Waals surface area contributed by atoms with Crippen molar-refractivity contribution in [1.82, 2.24) is 4.98 Å². The predicted molar refractivity (Wildman–Crippen MR) is 76.1 cm³/mol. The van der Waals surface area contributed by atoms with Crippen LogP contribution in [0.25, 0.3) is 5.57 Å². The molecular formula is C16H15NO4. The van der Waals surface area contributed by atoms with E-state index < -0.39 is 5.97 Å². The highest BCUT2D eigenvalue weighted by Gasteiger charge is 2.26. The number of carbonyl (C=O) groups excluding carboxylic acids is 3. The van der Waals surface area contributed by atoms with Crippen LogP contribution in [0.1, 0.15) is 32.0 Å². The molecule has 0 bridgehead atoms. The average molecular weight is 285 g/mol. The van der Waals surface area contributed by atoms with Gasteiger partial charge < -0.3 is 4.74 Å². The highest BCUT2D eigenvalue weighted by molar-refractivity contribution is 6.36. The van der Waals surface area contributed by atoms with Gasteiger partial charge in [-0.1, -0.05) is 6.07 Å². The molecule has 0 aliphatic heterocycles. The van der Waals surface area contributed by atoms with Crippen LogP contribution in [0, 0.1) is 0 Å². The van der Waals surface area contributed by atoms with E-state index in [-0.39, 0.29) is 23.7 Å². The van der Waals surface area contributed by atoms with Crippen molar-refractivity contribution in [3.05, 3.63) is 46.8 Å². The molecular weight excluding hydrogens is 270 g/mol. The number of carbonyl (C=O) groups is 3. The molecule has 1 heterocycles. The molecule has 0 aromatic carbocycles. The fourth-order valence-electron chi connectivity index (χ4n) is 2.18. The lowest BCUT2D eigenvalue weighted by molar-refractivity contribution is -0.142. The minimum atomic E-state index is -0.419. The van der Waals surface area contributed by atoms with E-state index in [9.17, 15) is 14.4 Å². The standard InChI is InChI=1S/C16H15NO4/c1-9-7-13(19)14(10(2)16(9)20)15-12(5-4-6-17-15)8-21-11(3)18/h4-7H,8H2,1-3H3. The molecule has 0 N–H and O–H groups in total. The first-order valence-corrected chi connectivity index (χ1v) is 6.47. The zero-order valence-electron chi connectivity index (χ0n) is 12.1. The second-order valence-electron chi connectivity index (χ2n) is 4.81.